The Bertz CT molecular complexity index is 787. The third-order valence-corrected chi connectivity index (χ3v) is 6.95. The number of nitrogens with zero attached hydrogens (tertiary/aromatic N) is 1. The summed E-state index contributed by atoms with van der Waals surface area (Å²) in [6.07, 6.45) is -0.0903. The highest BCUT2D eigenvalue weighted by atomic mass is 35.5. The SMILES string of the molecule is C[C@]1(O)C[C@@H](C(=O)N2CC3(CCC(c4cc(Cl)cc(OC(F)(F)F)c4)CC3)C2)C1. The molecule has 0 radical (unpaired) electrons. The van der Waals surface area contributed by atoms with Crippen molar-refractivity contribution >= 4 is 17.5 Å². The molecule has 0 unspecified atom stereocenters. The number of amides is 1. The molecule has 0 atom stereocenters. The largest absolute Gasteiger partial charge is 0.573 e. The lowest BCUT2D eigenvalue weighted by Gasteiger charge is -2.55. The molecule has 2 saturated carbocycles. The highest BCUT2D eigenvalue weighted by Crippen LogP contribution is 2.50. The Morgan fingerprint density at radius 3 is 2.38 bits per heavy atom. The molecule has 1 aliphatic heterocycles. The van der Waals surface area contributed by atoms with Gasteiger partial charge >= 0.3 is 6.36 Å². The molecule has 3 fully saturated rings. The van der Waals surface area contributed by atoms with Crippen molar-refractivity contribution in [1.82, 2.24) is 4.90 Å². The molecule has 8 heteroatoms. The Balaban J connectivity index is 1.32. The zero-order valence-corrected chi connectivity index (χ0v) is 17.0. The lowest BCUT2D eigenvalue weighted by atomic mass is 9.63. The first-order valence-corrected chi connectivity index (χ1v) is 10.4. The van der Waals surface area contributed by atoms with Gasteiger partial charge in [-0.05, 0) is 75.1 Å². The summed E-state index contributed by atoms with van der Waals surface area (Å²) in [5, 5.41) is 10.1. The van der Waals surface area contributed by atoms with Crippen LogP contribution in [0.1, 0.15) is 56.9 Å². The summed E-state index contributed by atoms with van der Waals surface area (Å²) in [7, 11) is 0. The van der Waals surface area contributed by atoms with E-state index in [1.54, 1.807) is 13.0 Å². The second kappa shape index (κ2) is 7.05. The van der Waals surface area contributed by atoms with Gasteiger partial charge in [0, 0.05) is 29.4 Å². The summed E-state index contributed by atoms with van der Waals surface area (Å²) >= 11 is 6.01. The number of carbonyl (C=O) groups excluding carboxylic acids is 1. The Morgan fingerprint density at radius 1 is 1.21 bits per heavy atom. The van der Waals surface area contributed by atoms with Gasteiger partial charge in [-0.1, -0.05) is 11.6 Å². The van der Waals surface area contributed by atoms with Gasteiger partial charge in [0.1, 0.15) is 5.75 Å². The van der Waals surface area contributed by atoms with E-state index in [1.807, 2.05) is 4.90 Å². The molecule has 1 spiro atoms. The number of likely N-dealkylation sites (tertiary alicyclic amines) is 1. The predicted molar refractivity (Wildman–Crippen MR) is 102 cm³/mol. The van der Waals surface area contributed by atoms with Gasteiger partial charge in [0.15, 0.2) is 0 Å². The number of halogens is 4. The van der Waals surface area contributed by atoms with Crippen LogP contribution in [0.15, 0.2) is 18.2 Å². The second-order valence-corrected chi connectivity index (χ2v) is 9.78. The normalized spacial score (nSPS) is 29.3. The molecule has 1 heterocycles. The second-order valence-electron chi connectivity index (χ2n) is 9.34. The van der Waals surface area contributed by atoms with Crippen LogP contribution in [-0.2, 0) is 4.79 Å². The topological polar surface area (TPSA) is 49.8 Å². The standard InChI is InChI=1S/C21H25ClF3NO3/c1-19(28)9-15(10-19)18(27)26-11-20(12-26)4-2-13(3-5-20)14-6-16(22)8-17(7-14)29-21(23,24)25/h6-8,13,15,28H,2-5,9-12H2,1H3/t15-,19+. The van der Waals surface area contributed by atoms with Crippen molar-refractivity contribution in [3.63, 3.8) is 0 Å². The van der Waals surface area contributed by atoms with Crippen LogP contribution in [0.2, 0.25) is 5.02 Å². The van der Waals surface area contributed by atoms with E-state index in [9.17, 15) is 23.1 Å². The number of aliphatic hydroxyl groups is 1. The minimum atomic E-state index is -4.74. The van der Waals surface area contributed by atoms with E-state index in [0.29, 0.717) is 12.8 Å². The molecule has 1 amide bonds. The monoisotopic (exact) mass is 431 g/mol. The summed E-state index contributed by atoms with van der Waals surface area (Å²) in [6.45, 7) is 3.25. The van der Waals surface area contributed by atoms with Crippen molar-refractivity contribution in [1.29, 1.82) is 0 Å². The summed E-state index contributed by atoms with van der Waals surface area (Å²) in [5.41, 5.74) is 0.199. The fourth-order valence-corrected chi connectivity index (χ4v) is 5.48. The first-order chi connectivity index (χ1) is 13.4. The van der Waals surface area contributed by atoms with Crippen LogP contribution in [0.25, 0.3) is 0 Å². The van der Waals surface area contributed by atoms with Crippen molar-refractivity contribution in [3.05, 3.63) is 28.8 Å². The molecule has 1 N–H and O–H groups in total. The maximum absolute atomic E-state index is 12.5. The van der Waals surface area contributed by atoms with E-state index >= 15 is 0 Å². The molecule has 1 aromatic carbocycles. The van der Waals surface area contributed by atoms with Crippen LogP contribution in [0.4, 0.5) is 13.2 Å². The Hall–Kier alpha value is -1.47. The van der Waals surface area contributed by atoms with Crippen LogP contribution >= 0.6 is 11.6 Å². The van der Waals surface area contributed by atoms with Crippen molar-refractivity contribution in [3.8, 4) is 5.75 Å². The number of carbonyl (C=O) groups is 1. The number of hydrogen-bond acceptors (Lipinski definition) is 3. The quantitative estimate of drug-likeness (QED) is 0.741. The highest BCUT2D eigenvalue weighted by Gasteiger charge is 2.51. The van der Waals surface area contributed by atoms with E-state index in [1.165, 1.54) is 12.1 Å². The van der Waals surface area contributed by atoms with E-state index in [0.717, 1.165) is 44.3 Å². The van der Waals surface area contributed by atoms with Gasteiger partial charge < -0.3 is 14.7 Å². The van der Waals surface area contributed by atoms with Crippen molar-refractivity contribution in [2.75, 3.05) is 13.1 Å². The van der Waals surface area contributed by atoms with Crippen LogP contribution in [0.5, 0.6) is 5.75 Å². The average Bonchev–Trinajstić information content (AvgIpc) is 2.55. The summed E-state index contributed by atoms with van der Waals surface area (Å²) in [5.74, 6) is -0.0521. The molecular formula is C21H25ClF3NO3. The number of rotatable bonds is 3. The molecule has 1 aromatic rings. The number of alkyl halides is 3. The van der Waals surface area contributed by atoms with Crippen LogP contribution < -0.4 is 4.74 Å². The van der Waals surface area contributed by atoms with Gasteiger partial charge in [0.25, 0.3) is 0 Å². The van der Waals surface area contributed by atoms with Gasteiger partial charge in [0.2, 0.25) is 5.91 Å². The molecule has 160 valence electrons. The maximum atomic E-state index is 12.5. The Kier molecular flexibility index (Phi) is 5.05. The van der Waals surface area contributed by atoms with Gasteiger partial charge in [-0.3, -0.25) is 4.79 Å². The fourth-order valence-electron chi connectivity index (χ4n) is 5.25. The first-order valence-electron chi connectivity index (χ1n) is 10.0. The minimum absolute atomic E-state index is 0.0581. The molecule has 4 nitrogen and oxygen atoms in total. The summed E-state index contributed by atoms with van der Waals surface area (Å²) in [4.78, 5) is 14.4. The third-order valence-electron chi connectivity index (χ3n) is 6.73. The first kappa shape index (κ1) is 20.8. The van der Waals surface area contributed by atoms with Crippen molar-refractivity contribution in [2.45, 2.75) is 63.3 Å². The average molecular weight is 432 g/mol. The third kappa shape index (κ3) is 4.50. The number of benzene rings is 1. The van der Waals surface area contributed by atoms with E-state index in [2.05, 4.69) is 4.74 Å². The predicted octanol–water partition coefficient (Wildman–Crippen LogP) is 4.89. The fraction of sp³-hybridized carbons (Fsp3) is 0.667. The van der Waals surface area contributed by atoms with E-state index < -0.39 is 12.0 Å². The van der Waals surface area contributed by atoms with Crippen LogP contribution in [0.3, 0.4) is 0 Å². The van der Waals surface area contributed by atoms with Gasteiger partial charge in [0.05, 0.1) is 5.60 Å². The molecule has 0 bridgehead atoms. The zero-order valence-electron chi connectivity index (χ0n) is 16.3. The van der Waals surface area contributed by atoms with Gasteiger partial charge in [-0.25, -0.2) is 0 Å². The molecule has 3 aliphatic rings. The van der Waals surface area contributed by atoms with Crippen molar-refractivity contribution < 1.29 is 27.8 Å². The number of hydrogen-bond donors (Lipinski definition) is 1. The molecule has 4 rings (SSSR count). The number of ether oxygens (including phenoxy) is 1. The van der Waals surface area contributed by atoms with E-state index in [4.69, 9.17) is 11.6 Å². The maximum Gasteiger partial charge on any atom is 0.573 e. The van der Waals surface area contributed by atoms with Crippen LogP contribution in [-0.4, -0.2) is 41.0 Å². The molecular weight excluding hydrogens is 407 g/mol. The van der Waals surface area contributed by atoms with E-state index in [-0.39, 0.29) is 33.9 Å². The molecule has 29 heavy (non-hydrogen) atoms. The lowest BCUT2D eigenvalue weighted by Crippen LogP contribution is -2.62. The Morgan fingerprint density at radius 2 is 1.83 bits per heavy atom. The molecule has 1 saturated heterocycles. The summed E-state index contributed by atoms with van der Waals surface area (Å²) < 4.78 is 41.6. The van der Waals surface area contributed by atoms with Gasteiger partial charge in [-0.15, -0.1) is 13.2 Å². The summed E-state index contributed by atoms with van der Waals surface area (Å²) in [6, 6.07) is 4.32. The van der Waals surface area contributed by atoms with Crippen molar-refractivity contribution in [2.24, 2.45) is 11.3 Å². The lowest BCUT2D eigenvalue weighted by molar-refractivity contribution is -0.274. The van der Waals surface area contributed by atoms with Gasteiger partial charge in [-0.2, -0.15) is 0 Å². The minimum Gasteiger partial charge on any atom is -0.406 e. The highest BCUT2D eigenvalue weighted by molar-refractivity contribution is 6.30. The molecule has 2 aliphatic carbocycles. The zero-order chi connectivity index (χ0) is 21.0. The molecule has 0 aromatic heterocycles. The smallest absolute Gasteiger partial charge is 0.406 e. The van der Waals surface area contributed by atoms with Crippen LogP contribution in [0, 0.1) is 11.3 Å². The Labute approximate surface area is 173 Å².